The zero-order valence-electron chi connectivity index (χ0n) is 27.2. The SMILES string of the molecule is Cc1cc(N=Nc2ccc(N=Nc3ccc(N=Nc4cc5c(S(=O)(=O)O)cc(S(=O)(=O)O)cc5cc4S(=O)(=O)O)c(C)c3)c(C)c2)c(C)cc1N. The minimum absolute atomic E-state index is 0.240. The molecule has 0 aliphatic heterocycles. The second-order valence-corrected chi connectivity index (χ2v) is 15.6. The van der Waals surface area contributed by atoms with Crippen molar-refractivity contribution < 1.29 is 38.9 Å². The number of azo groups is 3. The maximum Gasteiger partial charge on any atom is 0.296 e. The zero-order valence-corrected chi connectivity index (χ0v) is 29.7. The lowest BCUT2D eigenvalue weighted by Gasteiger charge is -2.10. The third-order valence-electron chi connectivity index (χ3n) is 7.58. The van der Waals surface area contributed by atoms with Crippen molar-refractivity contribution in [2.45, 2.75) is 42.4 Å². The number of nitrogens with zero attached hydrogens (tertiary/aromatic N) is 6. The van der Waals surface area contributed by atoms with E-state index in [-0.39, 0.29) is 16.5 Å². The number of hydrogen-bond acceptors (Lipinski definition) is 13. The second kappa shape index (κ2) is 13.8. The topological polar surface area (TPSA) is 263 Å². The van der Waals surface area contributed by atoms with Gasteiger partial charge in [-0.05, 0) is 128 Å². The van der Waals surface area contributed by atoms with Gasteiger partial charge in [-0.1, -0.05) is 0 Å². The molecule has 0 radical (unpaired) electrons. The van der Waals surface area contributed by atoms with Gasteiger partial charge in [-0.2, -0.15) is 50.8 Å². The van der Waals surface area contributed by atoms with Gasteiger partial charge in [-0.25, -0.2) is 0 Å². The molecule has 0 spiro atoms. The van der Waals surface area contributed by atoms with Crippen LogP contribution in [0.15, 0.2) is 118 Å². The summed E-state index contributed by atoms with van der Waals surface area (Å²) in [4.78, 5) is -2.76. The highest BCUT2D eigenvalue weighted by molar-refractivity contribution is 7.87. The first-order valence-corrected chi connectivity index (χ1v) is 18.9. The Hall–Kier alpha value is -5.31. The fourth-order valence-electron chi connectivity index (χ4n) is 4.86. The maximum atomic E-state index is 12.2. The molecule has 0 unspecified atom stereocenters. The van der Waals surface area contributed by atoms with E-state index in [4.69, 9.17) is 5.73 Å². The van der Waals surface area contributed by atoms with Crippen molar-refractivity contribution in [2.24, 2.45) is 30.7 Å². The van der Waals surface area contributed by atoms with E-state index in [1.54, 1.807) is 31.2 Å². The highest BCUT2D eigenvalue weighted by Gasteiger charge is 2.24. The predicted octanol–water partition coefficient (Wildman–Crippen LogP) is 8.64. The van der Waals surface area contributed by atoms with Crippen LogP contribution in [0, 0.1) is 27.7 Å². The van der Waals surface area contributed by atoms with Gasteiger partial charge in [-0.3, -0.25) is 13.7 Å². The number of aryl methyl sites for hydroxylation is 4. The Labute approximate surface area is 292 Å². The van der Waals surface area contributed by atoms with Crippen LogP contribution in [0.2, 0.25) is 0 Å². The summed E-state index contributed by atoms with van der Waals surface area (Å²) in [7, 11) is -15.1. The van der Waals surface area contributed by atoms with Crippen molar-refractivity contribution >= 4 is 80.9 Å². The monoisotopic (exact) mass is 751 g/mol. The molecule has 5 aromatic rings. The van der Waals surface area contributed by atoms with Gasteiger partial charge in [0.1, 0.15) is 15.5 Å². The van der Waals surface area contributed by atoms with Gasteiger partial charge in [0.2, 0.25) is 0 Å². The first-order valence-electron chi connectivity index (χ1n) is 14.6. The summed E-state index contributed by atoms with van der Waals surface area (Å²) in [5, 5.41) is 24.5. The Bertz CT molecular complexity index is 2680. The Balaban J connectivity index is 1.42. The van der Waals surface area contributed by atoms with Crippen molar-refractivity contribution in [1.82, 2.24) is 0 Å². The molecule has 0 saturated carbocycles. The van der Waals surface area contributed by atoms with Crippen LogP contribution < -0.4 is 5.73 Å². The normalized spacial score (nSPS) is 12.9. The molecule has 5 rings (SSSR count). The van der Waals surface area contributed by atoms with Gasteiger partial charge >= 0.3 is 0 Å². The molecule has 0 heterocycles. The molecule has 264 valence electrons. The average Bonchev–Trinajstić information content (AvgIpc) is 3.02. The third-order valence-corrected chi connectivity index (χ3v) is 10.2. The van der Waals surface area contributed by atoms with E-state index in [1.165, 1.54) is 6.07 Å². The molecular weight excluding hydrogens is 723 g/mol. The molecule has 5 N–H and O–H groups in total. The predicted molar refractivity (Wildman–Crippen MR) is 189 cm³/mol. The van der Waals surface area contributed by atoms with E-state index in [1.807, 2.05) is 39.0 Å². The summed E-state index contributed by atoms with van der Waals surface area (Å²) in [6.07, 6.45) is 0. The maximum absolute atomic E-state index is 12.2. The molecule has 16 nitrogen and oxygen atoms in total. The number of nitrogens with two attached hydrogens (primary N) is 1. The molecule has 51 heavy (non-hydrogen) atoms. The van der Waals surface area contributed by atoms with Crippen LogP contribution in [0.4, 0.5) is 39.8 Å². The fraction of sp³-hybridized carbons (Fsp3) is 0.125. The smallest absolute Gasteiger partial charge is 0.296 e. The average molecular weight is 752 g/mol. The number of fused-ring (bicyclic) bond motifs is 1. The van der Waals surface area contributed by atoms with Crippen LogP contribution in [0.1, 0.15) is 22.3 Å². The molecule has 19 heteroatoms. The summed E-state index contributed by atoms with van der Waals surface area (Å²) < 4.78 is 101. The minimum Gasteiger partial charge on any atom is -0.399 e. The lowest BCUT2D eigenvalue weighted by Crippen LogP contribution is -2.05. The van der Waals surface area contributed by atoms with Gasteiger partial charge in [-0.15, -0.1) is 5.11 Å². The summed E-state index contributed by atoms with van der Waals surface area (Å²) in [6.45, 7) is 7.31. The standard InChI is InChI=1S/C32H29N7O9S3/c1-17-12-29(20(4)11-26(17)33)38-35-23-5-7-27(18(2)9-23)36-34-22-6-8-28(19(3)10-22)37-39-30-16-25-21(14-32(30)51(46,47)48)13-24(49(40,41)42)15-31(25)50(43,44)45/h5-16H,33H2,1-4H3,(H,40,41,42)(H,43,44,45)(H,46,47,48). The summed E-state index contributed by atoms with van der Waals surface area (Å²) in [5.41, 5.74) is 11.8. The third kappa shape index (κ3) is 8.53. The lowest BCUT2D eigenvalue weighted by atomic mass is 10.1. The first-order chi connectivity index (χ1) is 23.7. The molecule has 5 aromatic carbocycles. The molecule has 0 bridgehead atoms. The van der Waals surface area contributed by atoms with E-state index in [0.717, 1.165) is 34.9 Å². The summed E-state index contributed by atoms with van der Waals surface area (Å²) >= 11 is 0. The van der Waals surface area contributed by atoms with Crippen LogP contribution in [0.5, 0.6) is 0 Å². The van der Waals surface area contributed by atoms with Crippen molar-refractivity contribution in [2.75, 3.05) is 5.73 Å². The summed E-state index contributed by atoms with van der Waals surface area (Å²) in [5.74, 6) is 0. The van der Waals surface area contributed by atoms with Crippen molar-refractivity contribution in [3.05, 3.63) is 95.1 Å². The van der Waals surface area contributed by atoms with Crippen LogP contribution in [-0.2, 0) is 30.4 Å². The van der Waals surface area contributed by atoms with E-state index >= 15 is 0 Å². The first kappa shape index (κ1) is 37.0. The number of nitrogen functional groups attached to an aromatic ring is 1. The van der Waals surface area contributed by atoms with Crippen molar-refractivity contribution in [1.29, 1.82) is 0 Å². The molecule has 0 aliphatic rings. The lowest BCUT2D eigenvalue weighted by molar-refractivity contribution is 0.480. The molecule has 0 amide bonds. The Morgan fingerprint density at radius 3 is 1.47 bits per heavy atom. The van der Waals surface area contributed by atoms with Crippen LogP contribution in [0.25, 0.3) is 10.8 Å². The van der Waals surface area contributed by atoms with Crippen molar-refractivity contribution in [3.63, 3.8) is 0 Å². The number of anilines is 1. The van der Waals surface area contributed by atoms with Gasteiger partial charge < -0.3 is 5.73 Å². The number of hydrogen-bond donors (Lipinski definition) is 4. The molecule has 0 fully saturated rings. The van der Waals surface area contributed by atoms with Gasteiger partial charge in [0.05, 0.1) is 33.3 Å². The second-order valence-electron chi connectivity index (χ2n) is 11.4. The molecule has 0 saturated heterocycles. The zero-order chi connectivity index (χ0) is 37.5. The molecule has 0 aromatic heterocycles. The van der Waals surface area contributed by atoms with Gasteiger partial charge in [0, 0.05) is 11.1 Å². The van der Waals surface area contributed by atoms with Crippen LogP contribution in [0.3, 0.4) is 0 Å². The Morgan fingerprint density at radius 1 is 0.471 bits per heavy atom. The van der Waals surface area contributed by atoms with Crippen LogP contribution in [-0.4, -0.2) is 38.9 Å². The Morgan fingerprint density at radius 2 is 0.961 bits per heavy atom. The van der Waals surface area contributed by atoms with Gasteiger partial charge in [0.25, 0.3) is 30.4 Å². The van der Waals surface area contributed by atoms with Gasteiger partial charge in [0.15, 0.2) is 0 Å². The van der Waals surface area contributed by atoms with E-state index in [2.05, 4.69) is 30.7 Å². The molecule has 0 atom stereocenters. The minimum atomic E-state index is -5.10. The largest absolute Gasteiger partial charge is 0.399 e. The quantitative estimate of drug-likeness (QED) is 0.0632. The molecular formula is C32H29N7O9S3. The van der Waals surface area contributed by atoms with Crippen LogP contribution >= 0.6 is 0 Å². The fourth-order valence-corrected chi connectivity index (χ4v) is 6.84. The number of benzene rings is 5. The van der Waals surface area contributed by atoms with E-state index in [9.17, 15) is 38.9 Å². The highest BCUT2D eigenvalue weighted by Crippen LogP contribution is 2.37. The highest BCUT2D eigenvalue weighted by atomic mass is 32.2. The number of rotatable bonds is 9. The van der Waals surface area contributed by atoms with E-state index < -0.39 is 50.7 Å². The Kier molecular flexibility index (Phi) is 9.98. The van der Waals surface area contributed by atoms with Crippen molar-refractivity contribution in [3.8, 4) is 0 Å². The van der Waals surface area contributed by atoms with E-state index in [0.29, 0.717) is 40.1 Å². The summed E-state index contributed by atoms with van der Waals surface area (Å²) in [6, 6.07) is 16.6. The molecule has 0 aliphatic carbocycles.